The van der Waals surface area contributed by atoms with Crippen molar-refractivity contribution in [2.45, 2.75) is 37.6 Å². The monoisotopic (exact) mass is 474 g/mol. The number of rotatable bonds is 5. The lowest BCUT2D eigenvalue weighted by Gasteiger charge is -2.31. The van der Waals surface area contributed by atoms with Crippen molar-refractivity contribution in [3.05, 3.63) is 59.7 Å². The fraction of sp³-hybridized carbons (Fsp3) is 0.464. The van der Waals surface area contributed by atoms with Gasteiger partial charge in [-0.1, -0.05) is 55.0 Å². The maximum absolute atomic E-state index is 13.3. The van der Waals surface area contributed by atoms with Gasteiger partial charge < -0.3 is 20.1 Å². The fourth-order valence-corrected chi connectivity index (χ4v) is 6.76. The summed E-state index contributed by atoms with van der Waals surface area (Å²) >= 11 is 0. The first kappa shape index (κ1) is 22.1. The summed E-state index contributed by atoms with van der Waals surface area (Å²) in [6, 6.07) is 16.2. The first-order chi connectivity index (χ1) is 17.0. The molecule has 3 unspecified atom stereocenters. The Bertz CT molecular complexity index is 1130. The van der Waals surface area contributed by atoms with Crippen LogP contribution in [0.2, 0.25) is 0 Å². The molecule has 0 aromatic heterocycles. The van der Waals surface area contributed by atoms with E-state index in [9.17, 15) is 19.5 Å². The molecule has 1 saturated heterocycles. The molecule has 5 atom stereocenters. The first-order valence-corrected chi connectivity index (χ1v) is 12.7. The lowest BCUT2D eigenvalue weighted by atomic mass is 9.98. The van der Waals surface area contributed by atoms with E-state index in [0.29, 0.717) is 13.1 Å². The van der Waals surface area contributed by atoms with Crippen LogP contribution in [0.15, 0.2) is 48.5 Å². The number of alkyl carbamates (subject to hydrolysis) is 1. The summed E-state index contributed by atoms with van der Waals surface area (Å²) in [5, 5.41) is 12.3. The lowest BCUT2D eigenvalue weighted by Crippen LogP contribution is -2.47. The minimum Gasteiger partial charge on any atom is -0.481 e. The molecule has 2 amide bonds. The van der Waals surface area contributed by atoms with E-state index in [2.05, 4.69) is 29.6 Å². The second kappa shape index (κ2) is 8.70. The number of amides is 2. The van der Waals surface area contributed by atoms with Crippen LogP contribution in [0, 0.1) is 23.7 Å². The Morgan fingerprint density at radius 3 is 2.31 bits per heavy atom. The van der Waals surface area contributed by atoms with Crippen LogP contribution in [0.3, 0.4) is 0 Å². The second-order valence-corrected chi connectivity index (χ2v) is 10.4. The van der Waals surface area contributed by atoms with E-state index in [-0.39, 0.29) is 48.1 Å². The molecule has 2 saturated carbocycles. The van der Waals surface area contributed by atoms with Gasteiger partial charge in [-0.25, -0.2) is 4.79 Å². The molecule has 0 bridgehead atoms. The number of likely N-dealkylation sites (tertiary alicyclic amines) is 1. The number of nitrogens with one attached hydrogen (secondary N) is 1. The van der Waals surface area contributed by atoms with Crippen molar-refractivity contribution < 1.29 is 24.2 Å². The molecule has 6 rings (SSSR count). The van der Waals surface area contributed by atoms with Crippen molar-refractivity contribution >= 4 is 18.0 Å². The van der Waals surface area contributed by atoms with Crippen LogP contribution in [0.1, 0.15) is 42.7 Å². The number of fused-ring (bicyclic) bond motifs is 4. The van der Waals surface area contributed by atoms with Crippen molar-refractivity contribution in [2.75, 3.05) is 19.7 Å². The molecule has 0 radical (unpaired) electrons. The number of aliphatic carboxylic acids is 1. The van der Waals surface area contributed by atoms with E-state index in [4.69, 9.17) is 4.74 Å². The summed E-state index contributed by atoms with van der Waals surface area (Å²) in [7, 11) is 0. The molecule has 1 aliphatic heterocycles. The average Bonchev–Trinajstić information content (AvgIpc) is 3.27. The van der Waals surface area contributed by atoms with Gasteiger partial charge in [0.05, 0.1) is 11.8 Å². The first-order valence-electron chi connectivity index (χ1n) is 12.7. The SMILES string of the molecule is O=C(NC1CCCC1C(=O)N1CC[C@H]2C(C(=O)O)[C@H]2C1)OCC1c2ccccc2-c2ccccc21. The molecule has 2 aromatic carbocycles. The molecule has 3 aliphatic carbocycles. The van der Waals surface area contributed by atoms with Gasteiger partial charge in [-0.3, -0.25) is 9.59 Å². The lowest BCUT2D eigenvalue weighted by molar-refractivity contribution is -0.140. The average molecular weight is 475 g/mol. The second-order valence-electron chi connectivity index (χ2n) is 10.4. The minimum absolute atomic E-state index is 0.00354. The van der Waals surface area contributed by atoms with Crippen LogP contribution in [0.25, 0.3) is 11.1 Å². The van der Waals surface area contributed by atoms with E-state index < -0.39 is 12.1 Å². The highest BCUT2D eigenvalue weighted by Crippen LogP contribution is 2.52. The number of piperidine rings is 1. The zero-order valence-corrected chi connectivity index (χ0v) is 19.6. The summed E-state index contributed by atoms with van der Waals surface area (Å²) in [6.45, 7) is 1.38. The van der Waals surface area contributed by atoms with Gasteiger partial charge in [0.25, 0.3) is 0 Å². The van der Waals surface area contributed by atoms with Gasteiger partial charge in [0, 0.05) is 25.0 Å². The predicted molar refractivity (Wildman–Crippen MR) is 129 cm³/mol. The smallest absolute Gasteiger partial charge is 0.407 e. The number of nitrogens with zero attached hydrogens (tertiary/aromatic N) is 1. The van der Waals surface area contributed by atoms with Crippen molar-refractivity contribution in [3.8, 4) is 11.1 Å². The van der Waals surface area contributed by atoms with Crippen molar-refractivity contribution in [3.63, 3.8) is 0 Å². The third-order valence-electron chi connectivity index (χ3n) is 8.57. The molecule has 4 aliphatic rings. The van der Waals surface area contributed by atoms with Crippen LogP contribution < -0.4 is 5.32 Å². The standard InChI is InChI=1S/C28H30N2O5/c31-26(30-13-12-20-22(14-30)25(20)27(32)33)21-10-5-11-24(21)29-28(34)35-15-23-18-8-3-1-6-16(18)17-7-2-4-9-19(17)23/h1-4,6-9,20-25H,5,10-15H2,(H,29,34)(H,32,33)/t20-,21?,22+,24?,25?/m1/s1. The Kier molecular flexibility index (Phi) is 5.50. The zero-order valence-electron chi connectivity index (χ0n) is 19.6. The summed E-state index contributed by atoms with van der Waals surface area (Å²) in [6.07, 6.45) is 2.63. The van der Waals surface area contributed by atoms with Crippen LogP contribution >= 0.6 is 0 Å². The molecule has 7 heteroatoms. The summed E-state index contributed by atoms with van der Waals surface area (Å²) < 4.78 is 5.70. The van der Waals surface area contributed by atoms with Crippen molar-refractivity contribution in [1.82, 2.24) is 10.2 Å². The largest absolute Gasteiger partial charge is 0.481 e. The third-order valence-corrected chi connectivity index (χ3v) is 8.57. The number of benzene rings is 2. The minimum atomic E-state index is -0.745. The van der Waals surface area contributed by atoms with Crippen LogP contribution in [-0.2, 0) is 14.3 Å². The van der Waals surface area contributed by atoms with Gasteiger partial charge in [0.1, 0.15) is 6.61 Å². The van der Waals surface area contributed by atoms with Gasteiger partial charge in [0.15, 0.2) is 0 Å². The number of hydrogen-bond acceptors (Lipinski definition) is 4. The number of carbonyl (C=O) groups is 3. The van der Waals surface area contributed by atoms with Gasteiger partial charge in [0.2, 0.25) is 5.91 Å². The Balaban J connectivity index is 1.07. The molecule has 2 N–H and O–H groups in total. The molecule has 2 aromatic rings. The van der Waals surface area contributed by atoms with Crippen molar-refractivity contribution in [2.24, 2.45) is 23.7 Å². The number of carbonyl (C=O) groups excluding carboxylic acids is 2. The fourth-order valence-electron chi connectivity index (χ4n) is 6.76. The van der Waals surface area contributed by atoms with Gasteiger partial charge in [-0.15, -0.1) is 0 Å². The Morgan fingerprint density at radius 1 is 0.943 bits per heavy atom. The topological polar surface area (TPSA) is 95.9 Å². The maximum atomic E-state index is 13.3. The Labute approximate surface area is 204 Å². The molecule has 182 valence electrons. The maximum Gasteiger partial charge on any atom is 0.407 e. The number of hydrogen-bond donors (Lipinski definition) is 2. The summed E-state index contributed by atoms with van der Waals surface area (Å²) in [4.78, 5) is 39.2. The van der Waals surface area contributed by atoms with Crippen molar-refractivity contribution in [1.29, 1.82) is 0 Å². The normalized spacial score (nSPS) is 28.6. The predicted octanol–water partition coefficient (Wildman–Crippen LogP) is 3.87. The van der Waals surface area contributed by atoms with Crippen LogP contribution in [0.4, 0.5) is 4.79 Å². The molecule has 0 spiro atoms. The highest BCUT2D eigenvalue weighted by atomic mass is 16.5. The van der Waals surface area contributed by atoms with Gasteiger partial charge >= 0.3 is 12.1 Å². The molecule has 7 nitrogen and oxygen atoms in total. The molecule has 3 fully saturated rings. The highest BCUT2D eigenvalue weighted by molar-refractivity contribution is 5.82. The van der Waals surface area contributed by atoms with Crippen LogP contribution in [0.5, 0.6) is 0 Å². The van der Waals surface area contributed by atoms with E-state index in [0.717, 1.165) is 25.7 Å². The number of carboxylic acids is 1. The number of carboxylic acid groups (broad SMARTS) is 1. The highest BCUT2D eigenvalue weighted by Gasteiger charge is 2.57. The third kappa shape index (κ3) is 3.87. The van der Waals surface area contributed by atoms with Crippen LogP contribution in [-0.4, -0.2) is 53.7 Å². The summed E-state index contributed by atoms with van der Waals surface area (Å²) in [5.74, 6) is -0.975. The van der Waals surface area contributed by atoms with E-state index >= 15 is 0 Å². The Morgan fingerprint density at radius 2 is 1.63 bits per heavy atom. The van der Waals surface area contributed by atoms with E-state index in [1.54, 1.807) is 0 Å². The zero-order chi connectivity index (χ0) is 24.1. The van der Waals surface area contributed by atoms with Gasteiger partial charge in [-0.05, 0) is 53.4 Å². The quantitative estimate of drug-likeness (QED) is 0.686. The molecule has 1 heterocycles. The summed E-state index contributed by atoms with van der Waals surface area (Å²) in [5.41, 5.74) is 4.70. The van der Waals surface area contributed by atoms with Gasteiger partial charge in [-0.2, -0.15) is 0 Å². The molecular formula is C28H30N2O5. The van der Waals surface area contributed by atoms with E-state index in [1.807, 2.05) is 29.2 Å². The van der Waals surface area contributed by atoms with E-state index in [1.165, 1.54) is 22.3 Å². The Hall–Kier alpha value is -3.35. The number of ether oxygens (including phenoxy) is 1. The molecular weight excluding hydrogens is 444 g/mol. The molecule has 35 heavy (non-hydrogen) atoms.